The summed E-state index contributed by atoms with van der Waals surface area (Å²) in [5.41, 5.74) is 1.09. The monoisotopic (exact) mass is 339 g/mol. The smallest absolute Gasteiger partial charge is 0.261 e. The predicted octanol–water partition coefficient (Wildman–Crippen LogP) is 3.20. The van der Waals surface area contributed by atoms with E-state index in [0.717, 1.165) is 36.4 Å². The summed E-state index contributed by atoms with van der Waals surface area (Å²) in [7, 11) is 0. The van der Waals surface area contributed by atoms with Crippen LogP contribution in [-0.2, 0) is 4.79 Å². The minimum absolute atomic E-state index is 0.0150. The van der Waals surface area contributed by atoms with Crippen molar-refractivity contribution < 1.29 is 19.0 Å². The molecule has 2 aromatic rings. The van der Waals surface area contributed by atoms with Crippen LogP contribution in [0.4, 0.5) is 0 Å². The van der Waals surface area contributed by atoms with Crippen LogP contribution in [0.3, 0.4) is 0 Å². The Morgan fingerprint density at radius 1 is 1.08 bits per heavy atom. The molecule has 0 saturated carbocycles. The third kappa shape index (κ3) is 3.40. The van der Waals surface area contributed by atoms with Crippen molar-refractivity contribution in [1.82, 2.24) is 4.90 Å². The number of benzene rings is 2. The highest BCUT2D eigenvalue weighted by molar-refractivity contribution is 5.78. The number of ether oxygens (including phenoxy) is 3. The molecule has 0 bridgehead atoms. The van der Waals surface area contributed by atoms with E-state index in [2.05, 4.69) is 0 Å². The quantitative estimate of drug-likeness (QED) is 0.858. The van der Waals surface area contributed by atoms with E-state index in [1.807, 2.05) is 53.4 Å². The third-order valence-corrected chi connectivity index (χ3v) is 4.63. The highest BCUT2D eigenvalue weighted by atomic mass is 16.6. The summed E-state index contributed by atoms with van der Waals surface area (Å²) in [6.07, 6.45) is 1.95. The van der Waals surface area contributed by atoms with Crippen molar-refractivity contribution in [1.29, 1.82) is 0 Å². The maximum atomic E-state index is 12.6. The lowest BCUT2D eigenvalue weighted by molar-refractivity contribution is -0.134. The van der Waals surface area contributed by atoms with Crippen molar-refractivity contribution in [3.05, 3.63) is 54.1 Å². The Hall–Kier alpha value is -2.69. The van der Waals surface area contributed by atoms with Gasteiger partial charge in [0.2, 0.25) is 0 Å². The zero-order valence-electron chi connectivity index (χ0n) is 14.0. The van der Waals surface area contributed by atoms with E-state index in [1.54, 1.807) is 0 Å². The van der Waals surface area contributed by atoms with E-state index in [-0.39, 0.29) is 18.6 Å². The molecule has 2 aliphatic rings. The van der Waals surface area contributed by atoms with Gasteiger partial charge in [0.25, 0.3) is 5.91 Å². The van der Waals surface area contributed by atoms with Gasteiger partial charge in [0.1, 0.15) is 19.0 Å². The first kappa shape index (κ1) is 15.8. The predicted molar refractivity (Wildman–Crippen MR) is 93.1 cm³/mol. The number of likely N-dealkylation sites (tertiary alicyclic amines) is 1. The summed E-state index contributed by atoms with van der Waals surface area (Å²) in [6, 6.07) is 15.5. The molecule has 0 unspecified atom stereocenters. The molecule has 4 rings (SSSR count). The summed E-state index contributed by atoms with van der Waals surface area (Å²) in [4.78, 5) is 14.5. The first-order valence-electron chi connectivity index (χ1n) is 8.68. The lowest BCUT2D eigenvalue weighted by Gasteiger charge is -2.26. The van der Waals surface area contributed by atoms with E-state index >= 15 is 0 Å². The molecule has 130 valence electrons. The molecule has 5 nitrogen and oxygen atoms in total. The molecule has 0 aliphatic carbocycles. The number of rotatable bonds is 4. The summed E-state index contributed by atoms with van der Waals surface area (Å²) in [6.45, 7) is 1.97. The number of fused-ring (bicyclic) bond motifs is 1. The lowest BCUT2D eigenvalue weighted by Crippen LogP contribution is -2.34. The Morgan fingerprint density at radius 3 is 2.72 bits per heavy atom. The number of carbonyl (C=O) groups excluding carboxylic acids is 1. The van der Waals surface area contributed by atoms with Crippen LogP contribution in [-0.4, -0.2) is 37.2 Å². The number of hydrogen-bond acceptors (Lipinski definition) is 4. The van der Waals surface area contributed by atoms with Crippen molar-refractivity contribution in [2.75, 3.05) is 26.4 Å². The van der Waals surface area contributed by atoms with Gasteiger partial charge in [0.15, 0.2) is 18.1 Å². The van der Waals surface area contributed by atoms with Crippen LogP contribution in [0.1, 0.15) is 24.4 Å². The standard InChI is InChI=1S/C20H21NO4/c22-20(14-25-16-5-2-1-3-6-16)21-10-4-7-17(21)15-8-9-18-19(13-15)24-12-11-23-18/h1-3,5-6,8-9,13,17H,4,7,10-12,14H2/t17-/m0/s1. The first-order valence-corrected chi connectivity index (χ1v) is 8.68. The molecule has 1 fully saturated rings. The molecule has 2 heterocycles. The number of amides is 1. The second kappa shape index (κ2) is 7.05. The van der Waals surface area contributed by atoms with Gasteiger partial charge in [-0.1, -0.05) is 24.3 Å². The third-order valence-electron chi connectivity index (χ3n) is 4.63. The van der Waals surface area contributed by atoms with Crippen LogP contribution in [0, 0.1) is 0 Å². The van der Waals surface area contributed by atoms with Gasteiger partial charge in [-0.25, -0.2) is 0 Å². The summed E-state index contributed by atoms with van der Waals surface area (Å²) < 4.78 is 16.9. The van der Waals surface area contributed by atoms with E-state index in [0.29, 0.717) is 19.0 Å². The Morgan fingerprint density at radius 2 is 1.88 bits per heavy atom. The van der Waals surface area contributed by atoms with Crippen LogP contribution >= 0.6 is 0 Å². The van der Waals surface area contributed by atoms with Crippen molar-refractivity contribution in [2.24, 2.45) is 0 Å². The van der Waals surface area contributed by atoms with Crippen LogP contribution in [0.15, 0.2) is 48.5 Å². The van der Waals surface area contributed by atoms with E-state index in [4.69, 9.17) is 14.2 Å². The minimum Gasteiger partial charge on any atom is -0.486 e. The van der Waals surface area contributed by atoms with Gasteiger partial charge >= 0.3 is 0 Å². The maximum absolute atomic E-state index is 12.6. The highest BCUT2D eigenvalue weighted by Crippen LogP contribution is 2.38. The molecule has 1 amide bonds. The fourth-order valence-corrected chi connectivity index (χ4v) is 3.42. The molecule has 5 heteroatoms. The molecule has 0 radical (unpaired) electrons. The van der Waals surface area contributed by atoms with Gasteiger partial charge in [-0.2, -0.15) is 0 Å². The molecule has 0 aromatic heterocycles. The molecule has 0 spiro atoms. The second-order valence-corrected chi connectivity index (χ2v) is 6.25. The number of para-hydroxylation sites is 1. The van der Waals surface area contributed by atoms with Crippen molar-refractivity contribution in [3.63, 3.8) is 0 Å². The summed E-state index contributed by atoms with van der Waals surface area (Å²) in [5.74, 6) is 2.27. The number of carbonyl (C=O) groups is 1. The van der Waals surface area contributed by atoms with Gasteiger partial charge in [-0.15, -0.1) is 0 Å². The zero-order valence-corrected chi connectivity index (χ0v) is 14.0. The molecular weight excluding hydrogens is 318 g/mol. The first-order chi connectivity index (χ1) is 12.3. The molecule has 1 atom stereocenters. The van der Waals surface area contributed by atoms with E-state index < -0.39 is 0 Å². The average Bonchev–Trinajstić information content (AvgIpc) is 3.16. The fraction of sp³-hybridized carbons (Fsp3) is 0.350. The molecule has 25 heavy (non-hydrogen) atoms. The van der Waals surface area contributed by atoms with Crippen LogP contribution in [0.5, 0.6) is 17.2 Å². The molecule has 2 aromatic carbocycles. The molecule has 1 saturated heterocycles. The van der Waals surface area contributed by atoms with E-state index in [1.165, 1.54) is 0 Å². The largest absolute Gasteiger partial charge is 0.486 e. The highest BCUT2D eigenvalue weighted by Gasteiger charge is 2.31. The van der Waals surface area contributed by atoms with Gasteiger partial charge < -0.3 is 19.1 Å². The maximum Gasteiger partial charge on any atom is 0.261 e. The SMILES string of the molecule is O=C(COc1ccccc1)N1CCC[C@H]1c1ccc2c(c1)OCCO2. The Bertz CT molecular complexity index is 747. The number of nitrogens with zero attached hydrogens (tertiary/aromatic N) is 1. The Balaban J connectivity index is 1.45. The van der Waals surface area contributed by atoms with Gasteiger partial charge in [-0.3, -0.25) is 4.79 Å². The van der Waals surface area contributed by atoms with Gasteiger partial charge in [-0.05, 0) is 42.7 Å². The van der Waals surface area contributed by atoms with E-state index in [9.17, 15) is 4.79 Å². The lowest BCUT2D eigenvalue weighted by atomic mass is 10.0. The average molecular weight is 339 g/mol. The van der Waals surface area contributed by atoms with Crippen LogP contribution in [0.2, 0.25) is 0 Å². The number of hydrogen-bond donors (Lipinski definition) is 0. The van der Waals surface area contributed by atoms with Gasteiger partial charge in [0, 0.05) is 6.54 Å². The molecule has 0 N–H and O–H groups in total. The van der Waals surface area contributed by atoms with Crippen LogP contribution in [0.25, 0.3) is 0 Å². The summed E-state index contributed by atoms with van der Waals surface area (Å²) >= 11 is 0. The van der Waals surface area contributed by atoms with Crippen LogP contribution < -0.4 is 14.2 Å². The van der Waals surface area contributed by atoms with Crippen molar-refractivity contribution in [3.8, 4) is 17.2 Å². The molecular formula is C20H21NO4. The second-order valence-electron chi connectivity index (χ2n) is 6.25. The fourth-order valence-electron chi connectivity index (χ4n) is 3.42. The van der Waals surface area contributed by atoms with Gasteiger partial charge in [0.05, 0.1) is 6.04 Å². The zero-order chi connectivity index (χ0) is 17.1. The topological polar surface area (TPSA) is 48.0 Å². The Kier molecular flexibility index (Phi) is 4.46. The molecule has 2 aliphatic heterocycles. The minimum atomic E-state index is 0.0150. The summed E-state index contributed by atoms with van der Waals surface area (Å²) in [5, 5.41) is 0. The normalized spacial score (nSPS) is 18.9. The van der Waals surface area contributed by atoms with Crippen molar-refractivity contribution >= 4 is 5.91 Å². The Labute approximate surface area is 147 Å². The van der Waals surface area contributed by atoms with Crippen molar-refractivity contribution in [2.45, 2.75) is 18.9 Å².